The lowest BCUT2D eigenvalue weighted by Crippen LogP contribution is -2.42. The van der Waals surface area contributed by atoms with Gasteiger partial charge < -0.3 is 20.3 Å². The smallest absolute Gasteiger partial charge is 0.407 e. The molecule has 1 amide bonds. The maximum absolute atomic E-state index is 10.9. The van der Waals surface area contributed by atoms with Gasteiger partial charge in [-0.25, -0.2) is 9.59 Å². The summed E-state index contributed by atoms with van der Waals surface area (Å²) in [5, 5.41) is 19.5. The number of ether oxygens (including phenoxy) is 1. The SMILES string of the molecule is COC(=O)N[C@@H](Cc1ccccc1)C(=O)O.O=C(O)CCc1ccccc1. The molecule has 7 nitrogen and oxygen atoms in total. The van der Waals surface area contributed by atoms with E-state index in [1.807, 2.05) is 48.5 Å². The molecule has 0 spiro atoms. The minimum Gasteiger partial charge on any atom is -0.481 e. The highest BCUT2D eigenvalue weighted by molar-refractivity contribution is 5.80. The molecule has 2 rings (SSSR count). The van der Waals surface area contributed by atoms with E-state index in [9.17, 15) is 14.4 Å². The summed E-state index contributed by atoms with van der Waals surface area (Å²) in [6.07, 6.45) is 0.314. The quantitative estimate of drug-likeness (QED) is 0.688. The summed E-state index contributed by atoms with van der Waals surface area (Å²) in [7, 11) is 1.19. The van der Waals surface area contributed by atoms with E-state index >= 15 is 0 Å². The molecule has 0 aliphatic heterocycles. The Morgan fingerprint density at radius 3 is 1.89 bits per heavy atom. The van der Waals surface area contributed by atoms with Gasteiger partial charge in [0.05, 0.1) is 7.11 Å². The Bertz CT molecular complexity index is 718. The zero-order chi connectivity index (χ0) is 20.1. The second-order valence-corrected chi connectivity index (χ2v) is 5.60. The third-order valence-corrected chi connectivity index (χ3v) is 3.53. The number of hydrogen-bond donors (Lipinski definition) is 3. The van der Waals surface area contributed by atoms with Crippen LogP contribution in [0.15, 0.2) is 60.7 Å². The maximum atomic E-state index is 10.9. The number of carboxylic acid groups (broad SMARTS) is 2. The third-order valence-electron chi connectivity index (χ3n) is 3.53. The number of alkyl carbamates (subject to hydrolysis) is 1. The Morgan fingerprint density at radius 1 is 0.926 bits per heavy atom. The van der Waals surface area contributed by atoms with Crippen LogP contribution in [0.4, 0.5) is 4.79 Å². The number of aryl methyl sites for hydroxylation is 1. The minimum absolute atomic E-state index is 0.212. The first kappa shape index (κ1) is 21.7. The lowest BCUT2D eigenvalue weighted by molar-refractivity contribution is -0.139. The zero-order valence-corrected chi connectivity index (χ0v) is 15.0. The van der Waals surface area contributed by atoms with Crippen molar-refractivity contribution in [3.63, 3.8) is 0 Å². The number of carbonyl (C=O) groups excluding carboxylic acids is 1. The van der Waals surface area contributed by atoms with Gasteiger partial charge in [-0.3, -0.25) is 4.79 Å². The average Bonchev–Trinajstić information content (AvgIpc) is 2.67. The highest BCUT2D eigenvalue weighted by atomic mass is 16.5. The van der Waals surface area contributed by atoms with Crippen molar-refractivity contribution >= 4 is 18.0 Å². The van der Waals surface area contributed by atoms with Crippen LogP contribution in [0.3, 0.4) is 0 Å². The molecule has 0 saturated heterocycles. The van der Waals surface area contributed by atoms with Crippen molar-refractivity contribution in [2.24, 2.45) is 0 Å². The number of rotatable bonds is 7. The van der Waals surface area contributed by atoms with Crippen molar-refractivity contribution < 1.29 is 29.3 Å². The summed E-state index contributed by atoms with van der Waals surface area (Å²) in [5.74, 6) is -1.83. The number of aliphatic carboxylic acids is 2. The van der Waals surface area contributed by atoms with Crippen LogP contribution in [0.2, 0.25) is 0 Å². The number of methoxy groups -OCH3 is 1. The number of carbonyl (C=O) groups is 3. The Kier molecular flexibility index (Phi) is 9.70. The number of nitrogens with one attached hydrogen (secondary N) is 1. The standard InChI is InChI=1S/C11H13NO4.C9H10O2/c1-16-11(15)12-9(10(13)14)7-8-5-3-2-4-6-8;10-9(11)7-6-8-4-2-1-3-5-8/h2-6,9H,7H2,1H3,(H,12,15)(H,13,14);1-5H,6-7H2,(H,10,11)/t9-;/m0./s1. The van der Waals surface area contributed by atoms with Gasteiger partial charge >= 0.3 is 18.0 Å². The predicted molar refractivity (Wildman–Crippen MR) is 99.5 cm³/mol. The number of carboxylic acids is 2. The van der Waals surface area contributed by atoms with Gasteiger partial charge in [0.25, 0.3) is 0 Å². The minimum atomic E-state index is -1.09. The predicted octanol–water partition coefficient (Wildman–Crippen LogP) is 2.74. The molecule has 144 valence electrons. The molecule has 3 N–H and O–H groups in total. The third kappa shape index (κ3) is 9.64. The second-order valence-electron chi connectivity index (χ2n) is 5.60. The Morgan fingerprint density at radius 2 is 1.44 bits per heavy atom. The molecule has 0 unspecified atom stereocenters. The van der Waals surface area contributed by atoms with Crippen LogP contribution in [0.25, 0.3) is 0 Å². The van der Waals surface area contributed by atoms with Gasteiger partial charge in [-0.15, -0.1) is 0 Å². The van der Waals surface area contributed by atoms with E-state index in [1.54, 1.807) is 12.1 Å². The van der Waals surface area contributed by atoms with Crippen molar-refractivity contribution in [1.29, 1.82) is 0 Å². The van der Waals surface area contributed by atoms with Crippen LogP contribution in [0, 0.1) is 0 Å². The monoisotopic (exact) mass is 373 g/mol. The van der Waals surface area contributed by atoms with E-state index in [0.717, 1.165) is 11.1 Å². The highest BCUT2D eigenvalue weighted by Crippen LogP contribution is 2.04. The van der Waals surface area contributed by atoms with Crippen molar-refractivity contribution in [3.8, 4) is 0 Å². The largest absolute Gasteiger partial charge is 0.481 e. The van der Waals surface area contributed by atoms with Crippen molar-refractivity contribution in [2.75, 3.05) is 7.11 Å². The number of hydrogen-bond acceptors (Lipinski definition) is 4. The molecule has 0 aliphatic rings. The van der Waals surface area contributed by atoms with Gasteiger partial charge in [-0.2, -0.15) is 0 Å². The molecular formula is C20H23NO6. The molecule has 0 radical (unpaired) electrons. The highest BCUT2D eigenvalue weighted by Gasteiger charge is 2.20. The first-order valence-corrected chi connectivity index (χ1v) is 8.29. The van der Waals surface area contributed by atoms with Gasteiger partial charge in [0.2, 0.25) is 0 Å². The van der Waals surface area contributed by atoms with Gasteiger partial charge in [-0.1, -0.05) is 60.7 Å². The van der Waals surface area contributed by atoms with E-state index in [4.69, 9.17) is 10.2 Å². The lowest BCUT2D eigenvalue weighted by atomic mass is 10.1. The average molecular weight is 373 g/mol. The molecule has 0 heterocycles. The van der Waals surface area contributed by atoms with E-state index in [2.05, 4.69) is 10.1 Å². The Hall–Kier alpha value is -3.35. The van der Waals surface area contributed by atoms with E-state index in [1.165, 1.54) is 7.11 Å². The Balaban J connectivity index is 0.000000289. The van der Waals surface area contributed by atoms with Gasteiger partial charge in [-0.05, 0) is 17.5 Å². The summed E-state index contributed by atoms with van der Waals surface area (Å²) >= 11 is 0. The molecule has 1 atom stereocenters. The molecule has 2 aromatic carbocycles. The zero-order valence-electron chi connectivity index (χ0n) is 15.0. The fraction of sp³-hybridized carbons (Fsp3) is 0.250. The van der Waals surface area contributed by atoms with Crippen molar-refractivity contribution in [1.82, 2.24) is 5.32 Å². The van der Waals surface area contributed by atoms with Crippen molar-refractivity contribution in [3.05, 3.63) is 71.8 Å². The molecule has 0 aromatic heterocycles. The van der Waals surface area contributed by atoms with Crippen LogP contribution in [0.1, 0.15) is 17.5 Å². The molecule has 0 saturated carbocycles. The van der Waals surface area contributed by atoms with E-state index in [0.29, 0.717) is 6.42 Å². The normalized spacial score (nSPS) is 10.7. The van der Waals surface area contributed by atoms with Crippen molar-refractivity contribution in [2.45, 2.75) is 25.3 Å². The maximum Gasteiger partial charge on any atom is 0.407 e. The summed E-state index contributed by atoms with van der Waals surface area (Å²) in [6.45, 7) is 0. The fourth-order valence-corrected chi connectivity index (χ4v) is 2.15. The number of benzene rings is 2. The topological polar surface area (TPSA) is 113 Å². The van der Waals surface area contributed by atoms with Crippen LogP contribution in [0.5, 0.6) is 0 Å². The van der Waals surface area contributed by atoms with Crippen LogP contribution < -0.4 is 5.32 Å². The summed E-state index contributed by atoms with van der Waals surface area (Å²) in [6, 6.07) is 17.7. The van der Waals surface area contributed by atoms with Crippen LogP contribution >= 0.6 is 0 Å². The first-order chi connectivity index (χ1) is 12.9. The molecule has 2 aromatic rings. The molecule has 0 bridgehead atoms. The summed E-state index contributed by atoms with van der Waals surface area (Å²) < 4.78 is 4.36. The lowest BCUT2D eigenvalue weighted by Gasteiger charge is -2.13. The van der Waals surface area contributed by atoms with Gasteiger partial charge in [0.15, 0.2) is 0 Å². The molecule has 27 heavy (non-hydrogen) atoms. The summed E-state index contributed by atoms with van der Waals surface area (Å²) in [4.78, 5) is 32.0. The van der Waals surface area contributed by atoms with E-state index < -0.39 is 24.1 Å². The molecular weight excluding hydrogens is 350 g/mol. The fourth-order valence-electron chi connectivity index (χ4n) is 2.15. The number of amides is 1. The van der Waals surface area contributed by atoms with Crippen LogP contribution in [-0.4, -0.2) is 41.4 Å². The Labute approximate surface area is 157 Å². The first-order valence-electron chi connectivity index (χ1n) is 8.29. The van der Waals surface area contributed by atoms with Gasteiger partial charge in [0.1, 0.15) is 6.04 Å². The summed E-state index contributed by atoms with van der Waals surface area (Å²) in [5.41, 5.74) is 1.92. The van der Waals surface area contributed by atoms with Gasteiger partial charge in [0, 0.05) is 12.8 Å². The van der Waals surface area contributed by atoms with Crippen LogP contribution in [-0.2, 0) is 27.2 Å². The molecule has 0 aliphatic carbocycles. The molecule has 0 fully saturated rings. The van der Waals surface area contributed by atoms with E-state index in [-0.39, 0.29) is 12.8 Å². The second kappa shape index (κ2) is 12.1. The molecule has 7 heteroatoms.